The van der Waals surface area contributed by atoms with Gasteiger partial charge in [-0.15, -0.1) is 0 Å². The first-order valence-electron chi connectivity index (χ1n) is 7.62. The number of carboxylic acid groups (broad SMARTS) is 1. The molecule has 20 heavy (non-hydrogen) atoms. The summed E-state index contributed by atoms with van der Waals surface area (Å²) in [6.45, 7) is 7.39. The normalized spacial score (nSPS) is 24.6. The van der Waals surface area contributed by atoms with Gasteiger partial charge in [-0.3, -0.25) is 14.5 Å². The lowest BCUT2D eigenvalue weighted by molar-refractivity contribution is -0.147. The van der Waals surface area contributed by atoms with E-state index < -0.39 is 11.4 Å². The van der Waals surface area contributed by atoms with Crippen molar-refractivity contribution in [3.63, 3.8) is 0 Å². The smallest absolute Gasteiger partial charge is 0.310 e. The van der Waals surface area contributed by atoms with Crippen LogP contribution < -0.4 is 5.32 Å². The minimum absolute atomic E-state index is 0.00337. The molecule has 0 aromatic heterocycles. The van der Waals surface area contributed by atoms with Crippen LogP contribution in [0.2, 0.25) is 0 Å². The zero-order chi connectivity index (χ0) is 15.2. The molecule has 0 aromatic rings. The zero-order valence-electron chi connectivity index (χ0n) is 12.9. The van der Waals surface area contributed by atoms with Crippen molar-refractivity contribution < 1.29 is 14.7 Å². The van der Waals surface area contributed by atoms with Crippen molar-refractivity contribution in [1.82, 2.24) is 10.2 Å². The monoisotopic (exact) mass is 284 g/mol. The molecular formula is C15H28N2O3. The molecule has 0 saturated carbocycles. The van der Waals surface area contributed by atoms with Crippen LogP contribution in [0, 0.1) is 5.41 Å². The van der Waals surface area contributed by atoms with Crippen molar-refractivity contribution in [2.24, 2.45) is 5.41 Å². The molecule has 0 bridgehead atoms. The number of carboxylic acids is 1. The highest BCUT2D eigenvalue weighted by Gasteiger charge is 2.40. The van der Waals surface area contributed by atoms with Crippen LogP contribution in [0.5, 0.6) is 0 Å². The number of likely N-dealkylation sites (tertiary alicyclic amines) is 1. The molecule has 2 atom stereocenters. The highest BCUT2D eigenvalue weighted by molar-refractivity contribution is 5.79. The van der Waals surface area contributed by atoms with Crippen LogP contribution in [0.4, 0.5) is 0 Å². The molecular weight excluding hydrogens is 256 g/mol. The van der Waals surface area contributed by atoms with Gasteiger partial charge in [-0.2, -0.15) is 0 Å². The number of amides is 1. The van der Waals surface area contributed by atoms with E-state index in [-0.39, 0.29) is 11.9 Å². The average Bonchev–Trinajstić information content (AvgIpc) is 2.72. The van der Waals surface area contributed by atoms with E-state index in [4.69, 9.17) is 5.11 Å². The summed E-state index contributed by atoms with van der Waals surface area (Å²) in [5.41, 5.74) is -0.701. The van der Waals surface area contributed by atoms with Crippen molar-refractivity contribution in [2.75, 3.05) is 19.6 Å². The SMILES string of the molecule is CCCCCC(C)NC(=O)CN1CCC(C)(C(=O)O)C1. The standard InChI is InChI=1S/C15H28N2O3/c1-4-5-6-7-12(2)16-13(18)10-17-9-8-15(3,11-17)14(19)20/h12H,4-11H2,1-3H3,(H,16,18)(H,19,20). The van der Waals surface area contributed by atoms with Crippen LogP contribution in [0.25, 0.3) is 0 Å². The fourth-order valence-corrected chi connectivity index (χ4v) is 2.66. The molecule has 2 N–H and O–H groups in total. The first-order chi connectivity index (χ1) is 9.37. The number of carbonyl (C=O) groups is 2. The number of unbranched alkanes of at least 4 members (excludes halogenated alkanes) is 2. The third kappa shape index (κ3) is 5.12. The number of nitrogens with one attached hydrogen (secondary N) is 1. The van der Waals surface area contributed by atoms with Gasteiger partial charge in [0.1, 0.15) is 0 Å². The van der Waals surface area contributed by atoms with E-state index >= 15 is 0 Å². The molecule has 2 unspecified atom stereocenters. The first-order valence-corrected chi connectivity index (χ1v) is 7.62. The summed E-state index contributed by atoms with van der Waals surface area (Å²) in [4.78, 5) is 25.0. The maximum Gasteiger partial charge on any atom is 0.310 e. The van der Waals surface area contributed by atoms with Crippen LogP contribution in [0.15, 0.2) is 0 Å². The van der Waals surface area contributed by atoms with E-state index in [1.54, 1.807) is 6.92 Å². The van der Waals surface area contributed by atoms with Crippen molar-refractivity contribution in [1.29, 1.82) is 0 Å². The number of nitrogens with zero attached hydrogens (tertiary/aromatic N) is 1. The van der Waals surface area contributed by atoms with Gasteiger partial charge in [0.05, 0.1) is 12.0 Å². The molecule has 116 valence electrons. The maximum absolute atomic E-state index is 11.9. The molecule has 5 nitrogen and oxygen atoms in total. The van der Waals surface area contributed by atoms with E-state index in [1.807, 2.05) is 11.8 Å². The Bertz CT molecular complexity index is 346. The Labute approximate surface area is 121 Å². The molecule has 1 aliphatic heterocycles. The van der Waals surface area contributed by atoms with Crippen LogP contribution in [0.1, 0.15) is 52.9 Å². The third-order valence-electron chi connectivity index (χ3n) is 4.08. The van der Waals surface area contributed by atoms with Gasteiger partial charge in [-0.1, -0.05) is 26.2 Å². The molecule has 0 aromatic carbocycles. The second-order valence-corrected chi connectivity index (χ2v) is 6.29. The third-order valence-corrected chi connectivity index (χ3v) is 4.08. The lowest BCUT2D eigenvalue weighted by Gasteiger charge is -2.21. The van der Waals surface area contributed by atoms with E-state index in [0.717, 1.165) is 12.8 Å². The van der Waals surface area contributed by atoms with Gasteiger partial charge in [-0.25, -0.2) is 0 Å². The minimum Gasteiger partial charge on any atom is -0.481 e. The fourth-order valence-electron chi connectivity index (χ4n) is 2.66. The fraction of sp³-hybridized carbons (Fsp3) is 0.867. The van der Waals surface area contributed by atoms with Gasteiger partial charge in [-0.05, 0) is 33.2 Å². The van der Waals surface area contributed by atoms with Crippen molar-refractivity contribution in [3.8, 4) is 0 Å². The Morgan fingerprint density at radius 1 is 1.40 bits per heavy atom. The largest absolute Gasteiger partial charge is 0.481 e. The highest BCUT2D eigenvalue weighted by atomic mass is 16.4. The van der Waals surface area contributed by atoms with Gasteiger partial charge in [0.15, 0.2) is 0 Å². The Hall–Kier alpha value is -1.10. The molecule has 1 saturated heterocycles. The van der Waals surface area contributed by atoms with Gasteiger partial charge in [0.2, 0.25) is 5.91 Å². The number of hydrogen-bond donors (Lipinski definition) is 2. The molecule has 0 spiro atoms. The molecule has 1 amide bonds. The summed E-state index contributed by atoms with van der Waals surface area (Å²) in [5.74, 6) is -0.767. The first kappa shape index (κ1) is 17.0. The quantitative estimate of drug-likeness (QED) is 0.668. The summed E-state index contributed by atoms with van der Waals surface area (Å²) in [6.07, 6.45) is 5.14. The second kappa shape index (κ2) is 7.62. The van der Waals surface area contributed by atoms with E-state index in [1.165, 1.54) is 12.8 Å². The Morgan fingerprint density at radius 3 is 2.65 bits per heavy atom. The minimum atomic E-state index is -0.770. The maximum atomic E-state index is 11.9. The topological polar surface area (TPSA) is 69.6 Å². The summed E-state index contributed by atoms with van der Waals surface area (Å²) >= 11 is 0. The predicted octanol–water partition coefficient (Wildman–Crippen LogP) is 1.87. The van der Waals surface area contributed by atoms with Gasteiger partial charge < -0.3 is 10.4 Å². The van der Waals surface area contributed by atoms with E-state index in [9.17, 15) is 9.59 Å². The Kier molecular flexibility index (Phi) is 6.46. The average molecular weight is 284 g/mol. The summed E-state index contributed by atoms with van der Waals surface area (Å²) in [5, 5.41) is 12.2. The predicted molar refractivity (Wildman–Crippen MR) is 78.5 cm³/mol. The molecule has 5 heteroatoms. The summed E-state index contributed by atoms with van der Waals surface area (Å²) in [7, 11) is 0. The number of hydrogen-bond acceptors (Lipinski definition) is 3. The molecule has 0 radical (unpaired) electrons. The van der Waals surface area contributed by atoms with Crippen molar-refractivity contribution in [3.05, 3.63) is 0 Å². The number of rotatable bonds is 8. The molecule has 1 fully saturated rings. The van der Waals surface area contributed by atoms with Gasteiger partial charge >= 0.3 is 5.97 Å². The van der Waals surface area contributed by atoms with Crippen molar-refractivity contribution >= 4 is 11.9 Å². The molecule has 1 heterocycles. The van der Waals surface area contributed by atoms with Crippen LogP contribution in [-0.2, 0) is 9.59 Å². The van der Waals surface area contributed by atoms with E-state index in [0.29, 0.717) is 26.1 Å². The molecule has 1 aliphatic rings. The lowest BCUT2D eigenvalue weighted by Crippen LogP contribution is -2.41. The van der Waals surface area contributed by atoms with Crippen LogP contribution >= 0.6 is 0 Å². The molecule has 0 aliphatic carbocycles. The Balaban J connectivity index is 2.28. The zero-order valence-corrected chi connectivity index (χ0v) is 12.9. The van der Waals surface area contributed by atoms with Crippen LogP contribution in [0.3, 0.4) is 0 Å². The highest BCUT2D eigenvalue weighted by Crippen LogP contribution is 2.29. The number of carbonyl (C=O) groups excluding carboxylic acids is 1. The van der Waals surface area contributed by atoms with Gasteiger partial charge in [0, 0.05) is 12.6 Å². The number of aliphatic carboxylic acids is 1. The Morgan fingerprint density at radius 2 is 2.10 bits per heavy atom. The summed E-state index contributed by atoms with van der Waals surface area (Å²) < 4.78 is 0. The summed E-state index contributed by atoms with van der Waals surface area (Å²) in [6, 6.07) is 0.197. The van der Waals surface area contributed by atoms with E-state index in [2.05, 4.69) is 12.2 Å². The second-order valence-electron chi connectivity index (χ2n) is 6.29. The lowest BCUT2D eigenvalue weighted by atomic mass is 9.90. The molecule has 1 rings (SSSR count). The van der Waals surface area contributed by atoms with Crippen LogP contribution in [-0.4, -0.2) is 47.6 Å². The van der Waals surface area contributed by atoms with Gasteiger partial charge in [0.25, 0.3) is 0 Å². The van der Waals surface area contributed by atoms with Crippen molar-refractivity contribution in [2.45, 2.75) is 58.9 Å².